The van der Waals surface area contributed by atoms with Crippen LogP contribution in [-0.2, 0) is 19.5 Å². The van der Waals surface area contributed by atoms with E-state index in [1.54, 1.807) is 12.1 Å². The number of fused-ring (bicyclic) bond motifs is 2. The molecule has 0 saturated carbocycles. The molecular formula is C33H38ClF3N8. The van der Waals surface area contributed by atoms with Crippen molar-refractivity contribution in [3.05, 3.63) is 65.6 Å². The summed E-state index contributed by atoms with van der Waals surface area (Å²) >= 11 is 0. The van der Waals surface area contributed by atoms with E-state index in [4.69, 9.17) is 0 Å². The van der Waals surface area contributed by atoms with Crippen LogP contribution in [0.2, 0.25) is 0 Å². The number of anilines is 1. The molecule has 0 unspecified atom stereocenters. The van der Waals surface area contributed by atoms with E-state index in [1.807, 2.05) is 6.07 Å². The van der Waals surface area contributed by atoms with Gasteiger partial charge in [0.1, 0.15) is 23.9 Å². The Morgan fingerprint density at radius 3 is 2.38 bits per heavy atom. The van der Waals surface area contributed by atoms with Gasteiger partial charge in [-0.3, -0.25) is 9.80 Å². The van der Waals surface area contributed by atoms with Gasteiger partial charge in [-0.2, -0.15) is 18.4 Å². The van der Waals surface area contributed by atoms with E-state index in [1.165, 1.54) is 18.0 Å². The molecule has 0 bridgehead atoms. The van der Waals surface area contributed by atoms with Crippen molar-refractivity contribution in [2.45, 2.75) is 38.5 Å². The van der Waals surface area contributed by atoms with Gasteiger partial charge in [-0.1, -0.05) is 12.1 Å². The van der Waals surface area contributed by atoms with Gasteiger partial charge >= 0.3 is 6.18 Å². The fourth-order valence-electron chi connectivity index (χ4n) is 7.29. The number of rotatable bonds is 7. The third kappa shape index (κ3) is 6.75. The van der Waals surface area contributed by atoms with Crippen LogP contribution in [0.25, 0.3) is 21.8 Å². The quantitative estimate of drug-likeness (QED) is 0.306. The van der Waals surface area contributed by atoms with Crippen molar-refractivity contribution in [3.63, 3.8) is 0 Å². The lowest BCUT2D eigenvalue weighted by atomic mass is 9.72. The maximum atomic E-state index is 13.0. The average molecular weight is 639 g/mol. The second kappa shape index (κ2) is 12.8. The Labute approximate surface area is 267 Å². The number of nitrogens with zero attached hydrogens (tertiary/aromatic N) is 7. The van der Waals surface area contributed by atoms with Crippen molar-refractivity contribution in [3.8, 4) is 6.07 Å². The number of aromatic nitrogens is 3. The minimum absolute atomic E-state index is 0. The highest BCUT2D eigenvalue weighted by Gasteiger charge is 2.45. The molecule has 0 amide bonds. The van der Waals surface area contributed by atoms with Crippen LogP contribution in [0.15, 0.2) is 48.8 Å². The van der Waals surface area contributed by atoms with Gasteiger partial charge in [-0.15, -0.1) is 12.4 Å². The van der Waals surface area contributed by atoms with E-state index in [9.17, 15) is 18.4 Å². The smallest absolute Gasteiger partial charge is 0.355 e. The van der Waals surface area contributed by atoms with Crippen LogP contribution in [0.1, 0.15) is 29.7 Å². The van der Waals surface area contributed by atoms with Gasteiger partial charge in [-0.05, 0) is 67.4 Å². The van der Waals surface area contributed by atoms with Gasteiger partial charge in [0, 0.05) is 80.6 Å². The molecule has 8 nitrogen and oxygen atoms in total. The van der Waals surface area contributed by atoms with Crippen molar-refractivity contribution in [2.75, 3.05) is 63.8 Å². The lowest BCUT2D eigenvalue weighted by Gasteiger charge is -2.54. The van der Waals surface area contributed by atoms with Crippen molar-refractivity contribution >= 4 is 40.0 Å². The molecule has 12 heteroatoms. The lowest BCUT2D eigenvalue weighted by Crippen LogP contribution is -2.60. The predicted octanol–water partition coefficient (Wildman–Crippen LogP) is 4.99. The summed E-state index contributed by atoms with van der Waals surface area (Å²) in [5.41, 5.74) is 4.22. The second-order valence-corrected chi connectivity index (χ2v) is 12.8. The summed E-state index contributed by atoms with van der Waals surface area (Å²) in [6, 6.07) is 15.8. The third-order valence-electron chi connectivity index (χ3n) is 9.69. The van der Waals surface area contributed by atoms with Gasteiger partial charge in [-0.25, -0.2) is 9.97 Å². The van der Waals surface area contributed by atoms with Gasteiger partial charge in [0.2, 0.25) is 0 Å². The van der Waals surface area contributed by atoms with E-state index >= 15 is 0 Å². The maximum absolute atomic E-state index is 13.0. The zero-order valence-electron chi connectivity index (χ0n) is 25.2. The molecule has 0 atom stereocenters. The zero-order chi connectivity index (χ0) is 30.3. The molecule has 3 fully saturated rings. The summed E-state index contributed by atoms with van der Waals surface area (Å²) in [5.74, 6) is 0.733. The number of hydrogen-bond acceptors (Lipinski definition) is 7. The second-order valence-electron chi connectivity index (χ2n) is 12.8. The molecule has 0 radical (unpaired) electrons. The Bertz CT molecular complexity index is 1690. The first-order chi connectivity index (χ1) is 21.3. The van der Waals surface area contributed by atoms with Crippen LogP contribution in [0.4, 0.5) is 19.0 Å². The largest absolute Gasteiger partial charge is 0.393 e. The molecular weight excluding hydrogens is 601 g/mol. The standard InChI is InChI=1S/C33H37F3N8.ClH/c34-33(35,36)18-24-1-3-29-28(16-24)31(40-23-39-29)43-21-32(22-43)5-9-42(10-6-32)20-25-2-4-30-26(15-25)17-27(19-37)44(30)14-13-41-11-7-38-8-12-41;/h1-4,15-17,23,38H,5-14,18,20-22H2;1H. The molecule has 238 valence electrons. The Morgan fingerprint density at radius 1 is 0.889 bits per heavy atom. The molecule has 1 N–H and O–H groups in total. The highest BCUT2D eigenvalue weighted by atomic mass is 35.5. The molecule has 1 spiro atoms. The van der Waals surface area contributed by atoms with Gasteiger partial charge in [0.15, 0.2) is 0 Å². The summed E-state index contributed by atoms with van der Waals surface area (Å²) < 4.78 is 41.2. The number of halogens is 4. The Kier molecular flexibility index (Phi) is 8.94. The fourth-order valence-corrected chi connectivity index (χ4v) is 7.29. The Morgan fingerprint density at radius 2 is 1.64 bits per heavy atom. The van der Waals surface area contributed by atoms with E-state index in [-0.39, 0.29) is 23.4 Å². The maximum Gasteiger partial charge on any atom is 0.393 e. The summed E-state index contributed by atoms with van der Waals surface area (Å²) in [4.78, 5) is 15.9. The molecule has 5 heterocycles. The molecule has 2 aromatic heterocycles. The molecule has 2 aromatic carbocycles. The molecule has 3 aliphatic heterocycles. The first-order valence-electron chi connectivity index (χ1n) is 15.5. The van der Waals surface area contributed by atoms with E-state index < -0.39 is 12.6 Å². The Balaban J connectivity index is 0.00000357. The average Bonchev–Trinajstić information content (AvgIpc) is 3.35. The molecule has 7 rings (SSSR count). The van der Waals surface area contributed by atoms with Gasteiger partial charge < -0.3 is 14.8 Å². The van der Waals surface area contributed by atoms with Crippen LogP contribution >= 0.6 is 12.4 Å². The summed E-state index contributed by atoms with van der Waals surface area (Å²) in [6.45, 7) is 10.5. The molecule has 3 aliphatic rings. The summed E-state index contributed by atoms with van der Waals surface area (Å²) in [7, 11) is 0. The SMILES string of the molecule is Cl.N#Cc1cc2cc(CN3CCC4(CC3)CN(c3ncnc5ccc(CC(F)(F)F)cc35)C4)ccc2n1CCN1CCNCC1. The van der Waals surface area contributed by atoms with Crippen molar-refractivity contribution in [1.29, 1.82) is 5.26 Å². The first-order valence-corrected chi connectivity index (χ1v) is 15.5. The van der Waals surface area contributed by atoms with Gasteiger partial charge in [0.05, 0.1) is 11.9 Å². The van der Waals surface area contributed by atoms with Gasteiger partial charge in [0.25, 0.3) is 0 Å². The highest BCUT2D eigenvalue weighted by Crippen LogP contribution is 2.44. The normalized spacial score (nSPS) is 19.0. The topological polar surface area (TPSA) is 76.2 Å². The van der Waals surface area contributed by atoms with E-state index in [0.717, 1.165) is 107 Å². The first kappa shape index (κ1) is 31.5. The minimum atomic E-state index is -4.25. The van der Waals surface area contributed by atoms with Crippen LogP contribution in [0.3, 0.4) is 0 Å². The van der Waals surface area contributed by atoms with Crippen LogP contribution in [0.5, 0.6) is 0 Å². The van der Waals surface area contributed by atoms with Crippen LogP contribution in [0, 0.1) is 16.7 Å². The number of benzene rings is 2. The number of hydrogen-bond donors (Lipinski definition) is 1. The number of nitrogens with one attached hydrogen (secondary N) is 1. The van der Waals surface area contributed by atoms with Crippen LogP contribution in [-0.4, -0.2) is 89.4 Å². The number of likely N-dealkylation sites (tertiary alicyclic amines) is 1. The summed E-state index contributed by atoms with van der Waals surface area (Å²) in [5, 5.41) is 15.0. The molecule has 3 saturated heterocycles. The number of piperazine rings is 1. The van der Waals surface area contributed by atoms with E-state index in [0.29, 0.717) is 10.9 Å². The fraction of sp³-hybridized carbons (Fsp3) is 0.485. The third-order valence-corrected chi connectivity index (χ3v) is 9.69. The number of nitriles is 1. The molecule has 45 heavy (non-hydrogen) atoms. The van der Waals surface area contributed by atoms with Crippen molar-refractivity contribution < 1.29 is 13.2 Å². The van der Waals surface area contributed by atoms with Crippen molar-refractivity contribution in [1.82, 2.24) is 29.7 Å². The molecule has 0 aliphatic carbocycles. The Hall–Kier alpha value is -3.43. The lowest BCUT2D eigenvalue weighted by molar-refractivity contribution is -0.127. The van der Waals surface area contributed by atoms with Crippen LogP contribution < -0.4 is 10.2 Å². The zero-order valence-corrected chi connectivity index (χ0v) is 26.0. The van der Waals surface area contributed by atoms with E-state index in [2.05, 4.69) is 58.8 Å². The molecule has 4 aromatic rings. The predicted molar refractivity (Wildman–Crippen MR) is 172 cm³/mol. The summed E-state index contributed by atoms with van der Waals surface area (Å²) in [6.07, 6.45) is -1.54. The highest BCUT2D eigenvalue weighted by molar-refractivity contribution is 5.90. The minimum Gasteiger partial charge on any atom is -0.355 e. The van der Waals surface area contributed by atoms with Crippen molar-refractivity contribution in [2.24, 2.45) is 5.41 Å². The number of alkyl halides is 3. The monoisotopic (exact) mass is 638 g/mol. The number of piperidine rings is 1.